The Hall–Kier alpha value is -1.94. The first-order valence-corrected chi connectivity index (χ1v) is 7.18. The van der Waals surface area contributed by atoms with Gasteiger partial charge in [0.2, 0.25) is 5.91 Å². The zero-order valence-corrected chi connectivity index (χ0v) is 11.7. The Morgan fingerprint density at radius 3 is 3.15 bits per heavy atom. The molecule has 0 saturated carbocycles. The molecule has 1 atom stereocenters. The number of benzene rings is 1. The number of pyridine rings is 1. The molecule has 0 aliphatic carbocycles. The van der Waals surface area contributed by atoms with E-state index in [0.29, 0.717) is 0 Å². The first kappa shape index (κ1) is 13.1. The molecule has 20 heavy (non-hydrogen) atoms. The van der Waals surface area contributed by atoms with Crippen molar-refractivity contribution < 1.29 is 4.79 Å². The molecule has 4 nitrogen and oxygen atoms in total. The largest absolute Gasteiger partial charge is 0.310 e. The van der Waals surface area contributed by atoms with Crippen LogP contribution < -0.4 is 10.2 Å². The van der Waals surface area contributed by atoms with Crippen molar-refractivity contribution in [3.05, 3.63) is 36.7 Å². The van der Waals surface area contributed by atoms with E-state index < -0.39 is 0 Å². The van der Waals surface area contributed by atoms with Crippen LogP contribution in [0.3, 0.4) is 0 Å². The molecule has 2 heterocycles. The number of nitrogens with zero attached hydrogens (tertiary/aromatic N) is 2. The van der Waals surface area contributed by atoms with Crippen molar-refractivity contribution in [3.8, 4) is 0 Å². The summed E-state index contributed by atoms with van der Waals surface area (Å²) in [7, 11) is 0. The van der Waals surface area contributed by atoms with E-state index in [1.54, 1.807) is 6.20 Å². The smallest absolute Gasteiger partial charge is 0.244 e. The van der Waals surface area contributed by atoms with Gasteiger partial charge in [0.15, 0.2) is 0 Å². The molecule has 0 bridgehead atoms. The van der Waals surface area contributed by atoms with Gasteiger partial charge in [-0.15, -0.1) is 0 Å². The van der Waals surface area contributed by atoms with Crippen molar-refractivity contribution in [2.45, 2.75) is 25.8 Å². The summed E-state index contributed by atoms with van der Waals surface area (Å²) in [6, 6.07) is 7.99. The van der Waals surface area contributed by atoms with Gasteiger partial charge in [0.1, 0.15) is 0 Å². The zero-order valence-electron chi connectivity index (χ0n) is 11.7. The molecule has 4 heteroatoms. The lowest BCUT2D eigenvalue weighted by Crippen LogP contribution is -2.38. The summed E-state index contributed by atoms with van der Waals surface area (Å²) < 4.78 is 0. The summed E-state index contributed by atoms with van der Waals surface area (Å²) in [5, 5.41) is 5.48. The maximum Gasteiger partial charge on any atom is 0.244 e. The molecule has 1 unspecified atom stereocenters. The van der Waals surface area contributed by atoms with Gasteiger partial charge < -0.3 is 10.2 Å². The Morgan fingerprint density at radius 2 is 2.30 bits per heavy atom. The van der Waals surface area contributed by atoms with Crippen molar-refractivity contribution in [1.29, 1.82) is 0 Å². The van der Waals surface area contributed by atoms with E-state index in [2.05, 4.69) is 17.2 Å². The third kappa shape index (κ3) is 2.27. The van der Waals surface area contributed by atoms with Crippen LogP contribution in [0.5, 0.6) is 0 Å². The Morgan fingerprint density at radius 1 is 1.40 bits per heavy atom. The van der Waals surface area contributed by atoms with Crippen molar-refractivity contribution >= 4 is 22.4 Å². The van der Waals surface area contributed by atoms with Gasteiger partial charge in [-0.05, 0) is 36.9 Å². The normalized spacial score (nSPS) is 18.9. The van der Waals surface area contributed by atoms with Crippen LogP contribution in [0, 0.1) is 0 Å². The zero-order chi connectivity index (χ0) is 13.9. The summed E-state index contributed by atoms with van der Waals surface area (Å²) in [4.78, 5) is 18.6. The fraction of sp³-hybridized carbons (Fsp3) is 0.375. The molecule has 1 aliphatic rings. The lowest BCUT2D eigenvalue weighted by atomic mass is 10.1. The van der Waals surface area contributed by atoms with Crippen LogP contribution >= 0.6 is 0 Å². The van der Waals surface area contributed by atoms with Crippen LogP contribution in [0.1, 0.15) is 19.8 Å². The third-order valence-electron chi connectivity index (χ3n) is 3.80. The molecular weight excluding hydrogens is 250 g/mol. The monoisotopic (exact) mass is 269 g/mol. The van der Waals surface area contributed by atoms with E-state index in [4.69, 9.17) is 0 Å². The number of amides is 1. The van der Waals surface area contributed by atoms with Crippen molar-refractivity contribution in [2.75, 3.05) is 18.0 Å². The van der Waals surface area contributed by atoms with E-state index >= 15 is 0 Å². The highest BCUT2D eigenvalue weighted by Gasteiger charge is 2.32. The summed E-state index contributed by atoms with van der Waals surface area (Å²) in [6.45, 7) is 3.77. The van der Waals surface area contributed by atoms with E-state index in [0.717, 1.165) is 42.4 Å². The maximum absolute atomic E-state index is 12.5. The summed E-state index contributed by atoms with van der Waals surface area (Å²) in [5.74, 6) is 0.176. The molecular formula is C16H19N3O. The van der Waals surface area contributed by atoms with Crippen molar-refractivity contribution in [3.63, 3.8) is 0 Å². The molecule has 2 aromatic rings. The lowest BCUT2D eigenvalue weighted by molar-refractivity contribution is -0.118. The van der Waals surface area contributed by atoms with Crippen molar-refractivity contribution in [2.24, 2.45) is 0 Å². The molecule has 0 radical (unpaired) electrons. The molecule has 104 valence electrons. The molecule has 1 aromatic carbocycles. The van der Waals surface area contributed by atoms with Crippen LogP contribution in [0.4, 0.5) is 5.69 Å². The average Bonchev–Trinajstić information content (AvgIpc) is 2.85. The fourth-order valence-electron chi connectivity index (χ4n) is 2.76. The predicted octanol–water partition coefficient (Wildman–Crippen LogP) is 2.34. The number of anilines is 1. The van der Waals surface area contributed by atoms with Gasteiger partial charge in [0.25, 0.3) is 0 Å². The molecule has 1 saturated heterocycles. The van der Waals surface area contributed by atoms with Crippen molar-refractivity contribution in [1.82, 2.24) is 10.3 Å². The molecule has 1 amide bonds. The first-order chi connectivity index (χ1) is 9.81. The van der Waals surface area contributed by atoms with Crippen LogP contribution in [-0.4, -0.2) is 30.0 Å². The van der Waals surface area contributed by atoms with Crippen LogP contribution in [-0.2, 0) is 4.79 Å². The number of aromatic nitrogens is 1. The summed E-state index contributed by atoms with van der Waals surface area (Å²) in [6.07, 6.45) is 5.53. The number of hydrogen-bond acceptors (Lipinski definition) is 3. The summed E-state index contributed by atoms with van der Waals surface area (Å²) >= 11 is 0. The van der Waals surface area contributed by atoms with E-state index in [-0.39, 0.29) is 11.9 Å². The molecule has 1 aromatic heterocycles. The average molecular weight is 269 g/mol. The SMILES string of the molecule is CCCNC1CCN(c2cccc3ccncc23)C1=O. The Balaban J connectivity index is 1.91. The minimum Gasteiger partial charge on any atom is -0.310 e. The molecule has 0 spiro atoms. The van der Waals surface area contributed by atoms with Gasteiger partial charge in [-0.3, -0.25) is 9.78 Å². The van der Waals surface area contributed by atoms with E-state index in [1.807, 2.05) is 35.4 Å². The van der Waals surface area contributed by atoms with E-state index in [1.165, 1.54) is 0 Å². The van der Waals surface area contributed by atoms with Crippen LogP contribution in [0.2, 0.25) is 0 Å². The Labute approximate surface area is 118 Å². The molecule has 1 fully saturated rings. The van der Waals surface area contributed by atoms with Gasteiger partial charge in [-0.25, -0.2) is 0 Å². The predicted molar refractivity (Wildman–Crippen MR) is 80.8 cm³/mol. The number of hydrogen-bond donors (Lipinski definition) is 1. The van der Waals surface area contributed by atoms with E-state index in [9.17, 15) is 4.79 Å². The maximum atomic E-state index is 12.5. The molecule has 3 rings (SSSR count). The number of carbonyl (C=O) groups is 1. The Kier molecular flexibility index (Phi) is 3.65. The highest BCUT2D eigenvalue weighted by molar-refractivity contribution is 6.06. The highest BCUT2D eigenvalue weighted by Crippen LogP contribution is 2.29. The second-order valence-corrected chi connectivity index (χ2v) is 5.16. The quantitative estimate of drug-likeness (QED) is 0.926. The van der Waals surface area contributed by atoms with Crippen LogP contribution in [0.25, 0.3) is 10.8 Å². The molecule has 1 aliphatic heterocycles. The standard InChI is InChI=1S/C16H19N3O/c1-2-8-18-14-7-10-19(16(14)20)15-5-3-4-12-6-9-17-11-13(12)15/h3-6,9,11,14,18H,2,7-8,10H2,1H3. The second kappa shape index (κ2) is 5.59. The second-order valence-electron chi connectivity index (χ2n) is 5.16. The molecule has 1 N–H and O–H groups in total. The minimum absolute atomic E-state index is 0.0399. The fourth-order valence-corrected chi connectivity index (χ4v) is 2.76. The highest BCUT2D eigenvalue weighted by atomic mass is 16.2. The third-order valence-corrected chi connectivity index (χ3v) is 3.80. The number of nitrogens with one attached hydrogen (secondary N) is 1. The number of fused-ring (bicyclic) bond motifs is 1. The van der Waals surface area contributed by atoms with Gasteiger partial charge in [0, 0.05) is 24.3 Å². The minimum atomic E-state index is -0.0399. The number of rotatable bonds is 4. The van der Waals surface area contributed by atoms with Gasteiger partial charge in [-0.1, -0.05) is 19.1 Å². The van der Waals surface area contributed by atoms with Gasteiger partial charge in [-0.2, -0.15) is 0 Å². The Bertz CT molecular complexity index is 621. The summed E-state index contributed by atoms with van der Waals surface area (Å²) in [5.41, 5.74) is 0.974. The first-order valence-electron chi connectivity index (χ1n) is 7.18. The van der Waals surface area contributed by atoms with Gasteiger partial charge in [0.05, 0.1) is 11.7 Å². The lowest BCUT2D eigenvalue weighted by Gasteiger charge is -2.19. The van der Waals surface area contributed by atoms with Crippen LogP contribution in [0.15, 0.2) is 36.7 Å². The number of carbonyl (C=O) groups excluding carboxylic acids is 1. The van der Waals surface area contributed by atoms with Gasteiger partial charge >= 0.3 is 0 Å². The topological polar surface area (TPSA) is 45.2 Å².